The van der Waals surface area contributed by atoms with Gasteiger partial charge in [-0.25, -0.2) is 9.97 Å². The summed E-state index contributed by atoms with van der Waals surface area (Å²) in [5.41, 5.74) is 7.61. The van der Waals surface area contributed by atoms with Crippen LogP contribution in [0.3, 0.4) is 0 Å². The van der Waals surface area contributed by atoms with E-state index in [0.717, 1.165) is 73.8 Å². The van der Waals surface area contributed by atoms with Gasteiger partial charge < -0.3 is 10.3 Å². The van der Waals surface area contributed by atoms with Crippen LogP contribution >= 0.6 is 11.3 Å². The molecule has 168 valence electrons. The zero-order valence-corrected chi connectivity index (χ0v) is 19.1. The van der Waals surface area contributed by atoms with Gasteiger partial charge in [-0.3, -0.25) is 10.1 Å². The molecule has 6 heterocycles. The minimum atomic E-state index is -0.213. The zero-order valence-electron chi connectivity index (χ0n) is 18.3. The Balaban J connectivity index is 1.44. The molecule has 6 aromatic heterocycles. The highest BCUT2D eigenvalue weighted by Gasteiger charge is 2.16. The second-order valence-corrected chi connectivity index (χ2v) is 8.97. The number of halogens is 1. The first kappa shape index (κ1) is 20.6. The van der Waals surface area contributed by atoms with Crippen molar-refractivity contribution < 1.29 is 4.39 Å². The van der Waals surface area contributed by atoms with Gasteiger partial charge in [0.2, 0.25) is 0 Å². The Morgan fingerprint density at radius 1 is 1.09 bits per heavy atom. The van der Waals surface area contributed by atoms with Gasteiger partial charge in [0, 0.05) is 46.5 Å². The highest BCUT2D eigenvalue weighted by Crippen LogP contribution is 2.35. The molecule has 0 aromatic carbocycles. The number of nitrogens with one attached hydrogen (secondary N) is 3. The number of thiophene rings is 1. The Morgan fingerprint density at radius 2 is 2.03 bits per heavy atom. The number of rotatable bonds is 6. The fourth-order valence-corrected chi connectivity index (χ4v) is 4.84. The molecule has 34 heavy (non-hydrogen) atoms. The monoisotopic (exact) mass is 469 g/mol. The molecule has 0 spiro atoms. The van der Waals surface area contributed by atoms with Crippen LogP contribution in [0.15, 0.2) is 61.1 Å². The van der Waals surface area contributed by atoms with Crippen molar-refractivity contribution in [1.82, 2.24) is 35.5 Å². The summed E-state index contributed by atoms with van der Waals surface area (Å²) in [5.74, 6) is 0. The first-order valence-corrected chi connectivity index (χ1v) is 11.7. The van der Waals surface area contributed by atoms with Gasteiger partial charge in [-0.05, 0) is 54.6 Å². The molecule has 0 aliphatic heterocycles. The molecule has 0 atom stereocenters. The molecule has 3 N–H and O–H groups in total. The van der Waals surface area contributed by atoms with E-state index in [0.29, 0.717) is 11.3 Å². The molecule has 0 unspecified atom stereocenters. The van der Waals surface area contributed by atoms with Gasteiger partial charge >= 0.3 is 0 Å². The summed E-state index contributed by atoms with van der Waals surface area (Å²) in [7, 11) is 0. The number of pyridine rings is 3. The molecular formula is C25H20FN7S. The summed E-state index contributed by atoms with van der Waals surface area (Å²) in [4.78, 5) is 18.0. The maximum Gasteiger partial charge on any atom is 0.176 e. The molecule has 7 nitrogen and oxygen atoms in total. The van der Waals surface area contributed by atoms with Crippen molar-refractivity contribution in [2.45, 2.75) is 13.5 Å². The lowest BCUT2D eigenvalue weighted by Gasteiger charge is -2.05. The molecule has 0 aliphatic carbocycles. The van der Waals surface area contributed by atoms with Crippen molar-refractivity contribution in [1.29, 1.82) is 0 Å². The van der Waals surface area contributed by atoms with Crippen molar-refractivity contribution >= 4 is 33.4 Å². The fraction of sp³-hybridized carbons (Fsp3) is 0.120. The summed E-state index contributed by atoms with van der Waals surface area (Å²) < 4.78 is 13.6. The number of H-pyrrole nitrogens is 2. The lowest BCUT2D eigenvalue weighted by Crippen LogP contribution is -2.11. The molecular weight excluding hydrogens is 449 g/mol. The molecule has 6 aromatic rings. The SMILES string of the molecule is CCNCc1cncc(-c2ccc3[nH]nc(-c4cc5c(-c6ccc(F)s6)ccnc5[nH]4)c3n2)c1. The number of fused-ring (bicyclic) bond motifs is 2. The van der Waals surface area contributed by atoms with Crippen molar-refractivity contribution in [3.63, 3.8) is 0 Å². The lowest BCUT2D eigenvalue weighted by atomic mass is 10.1. The molecule has 0 radical (unpaired) electrons. The Kier molecular flexibility index (Phi) is 5.12. The average molecular weight is 470 g/mol. The first-order chi connectivity index (χ1) is 16.7. The van der Waals surface area contributed by atoms with Gasteiger partial charge in [-0.15, -0.1) is 11.3 Å². The quantitative estimate of drug-likeness (QED) is 0.298. The second-order valence-electron chi connectivity index (χ2n) is 7.93. The minimum Gasteiger partial charge on any atom is -0.338 e. The largest absolute Gasteiger partial charge is 0.338 e. The maximum atomic E-state index is 13.6. The van der Waals surface area contributed by atoms with Crippen LogP contribution in [0, 0.1) is 5.13 Å². The fourth-order valence-electron chi connectivity index (χ4n) is 4.07. The lowest BCUT2D eigenvalue weighted by molar-refractivity contribution is 0.657. The van der Waals surface area contributed by atoms with Crippen LogP contribution in [-0.4, -0.2) is 36.7 Å². The summed E-state index contributed by atoms with van der Waals surface area (Å²) in [6.45, 7) is 3.73. The number of aromatic amines is 2. The number of hydrogen-bond acceptors (Lipinski definition) is 6. The van der Waals surface area contributed by atoms with Gasteiger partial charge in [0.25, 0.3) is 0 Å². The van der Waals surface area contributed by atoms with Crippen LogP contribution in [0.1, 0.15) is 12.5 Å². The van der Waals surface area contributed by atoms with Gasteiger partial charge in [0.05, 0.1) is 16.9 Å². The minimum absolute atomic E-state index is 0.213. The Labute approximate surface area is 198 Å². The Bertz CT molecular complexity index is 1630. The second kappa shape index (κ2) is 8.44. The van der Waals surface area contributed by atoms with E-state index >= 15 is 0 Å². The van der Waals surface area contributed by atoms with Crippen LogP contribution in [0.25, 0.3) is 55.2 Å². The predicted octanol–water partition coefficient (Wildman–Crippen LogP) is 5.54. The van der Waals surface area contributed by atoms with E-state index in [1.54, 1.807) is 12.3 Å². The van der Waals surface area contributed by atoms with E-state index in [4.69, 9.17) is 4.98 Å². The van der Waals surface area contributed by atoms with Crippen molar-refractivity contribution in [3.05, 3.63) is 71.7 Å². The Morgan fingerprint density at radius 3 is 2.88 bits per heavy atom. The molecule has 0 saturated heterocycles. The average Bonchev–Trinajstić information content (AvgIpc) is 3.59. The summed E-state index contributed by atoms with van der Waals surface area (Å²) >= 11 is 1.12. The van der Waals surface area contributed by atoms with E-state index in [1.807, 2.05) is 36.7 Å². The standard InChI is InChI=1S/C25H20FN7S/c1-2-27-11-14-9-15(13-28-12-14)18-3-4-19-23(30-18)24(33-32-19)20-10-17-16(7-8-29-25(17)31-20)21-5-6-22(26)34-21/h3-10,12-13,27H,2,11H2,1H3,(H,29,31)(H,32,33). The zero-order chi connectivity index (χ0) is 23.1. The molecule has 9 heteroatoms. The van der Waals surface area contributed by atoms with E-state index in [-0.39, 0.29) is 5.13 Å². The van der Waals surface area contributed by atoms with Gasteiger partial charge in [-0.1, -0.05) is 6.92 Å². The summed E-state index contributed by atoms with van der Waals surface area (Å²) in [6.07, 6.45) is 5.41. The smallest absolute Gasteiger partial charge is 0.176 e. The molecule has 0 saturated carbocycles. The maximum absolute atomic E-state index is 13.6. The summed E-state index contributed by atoms with van der Waals surface area (Å²) in [5, 5.41) is 11.6. The predicted molar refractivity (Wildman–Crippen MR) is 133 cm³/mol. The van der Waals surface area contributed by atoms with Gasteiger partial charge in [-0.2, -0.15) is 9.49 Å². The third-order valence-electron chi connectivity index (χ3n) is 5.70. The number of nitrogens with zero attached hydrogens (tertiary/aromatic N) is 4. The Hall–Kier alpha value is -3.95. The highest BCUT2D eigenvalue weighted by molar-refractivity contribution is 7.14. The third-order valence-corrected chi connectivity index (χ3v) is 6.61. The highest BCUT2D eigenvalue weighted by atomic mass is 32.1. The topological polar surface area (TPSA) is 95.2 Å². The number of aromatic nitrogens is 6. The van der Waals surface area contributed by atoms with Gasteiger partial charge in [0.1, 0.15) is 16.9 Å². The van der Waals surface area contributed by atoms with Crippen molar-refractivity contribution in [2.24, 2.45) is 0 Å². The van der Waals surface area contributed by atoms with Crippen molar-refractivity contribution in [3.8, 4) is 33.1 Å². The van der Waals surface area contributed by atoms with E-state index in [9.17, 15) is 4.39 Å². The van der Waals surface area contributed by atoms with Crippen molar-refractivity contribution in [2.75, 3.05) is 6.54 Å². The van der Waals surface area contributed by atoms with Crippen LogP contribution < -0.4 is 5.32 Å². The number of hydrogen-bond donors (Lipinski definition) is 3. The third kappa shape index (κ3) is 3.64. The summed E-state index contributed by atoms with van der Waals surface area (Å²) in [6, 6.07) is 13.2. The molecule has 0 fully saturated rings. The van der Waals surface area contributed by atoms with E-state index < -0.39 is 0 Å². The van der Waals surface area contributed by atoms with Crippen LogP contribution in [-0.2, 0) is 6.54 Å². The van der Waals surface area contributed by atoms with Gasteiger partial charge in [0.15, 0.2) is 5.13 Å². The molecule has 0 amide bonds. The van der Waals surface area contributed by atoms with Crippen LogP contribution in [0.2, 0.25) is 0 Å². The van der Waals surface area contributed by atoms with Crippen LogP contribution in [0.4, 0.5) is 4.39 Å². The first-order valence-electron chi connectivity index (χ1n) is 10.9. The molecule has 0 bridgehead atoms. The normalized spacial score (nSPS) is 11.6. The van der Waals surface area contributed by atoms with Crippen LogP contribution in [0.5, 0.6) is 0 Å². The van der Waals surface area contributed by atoms with E-state index in [2.05, 4.69) is 43.5 Å². The molecule has 0 aliphatic rings. The van der Waals surface area contributed by atoms with E-state index in [1.165, 1.54) is 6.07 Å². The molecule has 6 rings (SSSR count).